The third-order valence-corrected chi connectivity index (χ3v) is 5.48. The van der Waals surface area contributed by atoms with Gasteiger partial charge in [-0.15, -0.1) is 0 Å². The van der Waals surface area contributed by atoms with Gasteiger partial charge in [0.15, 0.2) is 0 Å². The van der Waals surface area contributed by atoms with Crippen LogP contribution in [0.2, 0.25) is 0 Å². The molecular formula is C24H31N3O3. The number of likely N-dealkylation sites (tertiary alicyclic amines) is 1. The number of nitrogens with one attached hydrogen (secondary N) is 1. The van der Waals surface area contributed by atoms with E-state index in [2.05, 4.69) is 10.2 Å². The zero-order valence-electron chi connectivity index (χ0n) is 17.4. The van der Waals surface area contributed by atoms with E-state index in [0.717, 1.165) is 42.7 Å². The lowest BCUT2D eigenvalue weighted by molar-refractivity contribution is -0.124. The lowest BCUT2D eigenvalue weighted by Gasteiger charge is -2.33. The molecule has 0 radical (unpaired) electrons. The van der Waals surface area contributed by atoms with Gasteiger partial charge in [0.25, 0.3) is 0 Å². The van der Waals surface area contributed by atoms with Gasteiger partial charge in [0.1, 0.15) is 12.4 Å². The van der Waals surface area contributed by atoms with E-state index in [-0.39, 0.29) is 17.9 Å². The first-order chi connectivity index (χ1) is 14.6. The first-order valence-electron chi connectivity index (χ1n) is 10.7. The summed E-state index contributed by atoms with van der Waals surface area (Å²) in [6.45, 7) is 2.60. The Morgan fingerprint density at radius 2 is 1.80 bits per heavy atom. The summed E-state index contributed by atoms with van der Waals surface area (Å²) >= 11 is 0. The Kier molecular flexibility index (Phi) is 8.27. The molecule has 6 heteroatoms. The first kappa shape index (κ1) is 21.8. The lowest BCUT2D eigenvalue weighted by Crippen LogP contribution is -2.50. The molecule has 1 unspecified atom stereocenters. The Labute approximate surface area is 178 Å². The second kappa shape index (κ2) is 11.4. The summed E-state index contributed by atoms with van der Waals surface area (Å²) in [7, 11) is 0. The smallest absolute Gasteiger partial charge is 0.234 e. The standard InChI is InChI=1S/C24H31N3O3/c25-24(29)22-8-4-5-16-27(22)17-15-26-23(28)14-11-19-9-12-21(13-10-19)30-18-20-6-2-1-3-7-20/h1-3,6-7,9-10,12-13,22H,4-5,8,11,14-18H2,(H2,25,29)(H,26,28). The summed E-state index contributed by atoms with van der Waals surface area (Å²) in [5.41, 5.74) is 7.71. The van der Waals surface area contributed by atoms with Crippen molar-refractivity contribution in [2.75, 3.05) is 19.6 Å². The van der Waals surface area contributed by atoms with Gasteiger partial charge in [-0.2, -0.15) is 0 Å². The van der Waals surface area contributed by atoms with Crippen LogP contribution in [0.25, 0.3) is 0 Å². The largest absolute Gasteiger partial charge is 0.489 e. The number of carbonyl (C=O) groups excluding carboxylic acids is 2. The van der Waals surface area contributed by atoms with E-state index in [4.69, 9.17) is 10.5 Å². The maximum absolute atomic E-state index is 12.2. The fourth-order valence-corrected chi connectivity index (χ4v) is 3.76. The van der Waals surface area contributed by atoms with E-state index >= 15 is 0 Å². The van der Waals surface area contributed by atoms with Gasteiger partial charge < -0.3 is 15.8 Å². The van der Waals surface area contributed by atoms with Gasteiger partial charge in [-0.3, -0.25) is 14.5 Å². The number of nitrogens with zero attached hydrogens (tertiary/aromatic N) is 1. The molecule has 2 aromatic carbocycles. The Morgan fingerprint density at radius 3 is 2.53 bits per heavy atom. The average Bonchev–Trinajstić information content (AvgIpc) is 2.78. The number of aryl methyl sites for hydroxylation is 1. The minimum atomic E-state index is -0.266. The van der Waals surface area contributed by atoms with Crippen molar-refractivity contribution in [3.8, 4) is 5.75 Å². The van der Waals surface area contributed by atoms with Crippen LogP contribution >= 0.6 is 0 Å². The fraction of sp³-hybridized carbons (Fsp3) is 0.417. The van der Waals surface area contributed by atoms with E-state index < -0.39 is 0 Å². The van der Waals surface area contributed by atoms with Gasteiger partial charge >= 0.3 is 0 Å². The number of hydrogen-bond donors (Lipinski definition) is 2. The van der Waals surface area contributed by atoms with Crippen LogP contribution in [0.15, 0.2) is 54.6 Å². The third-order valence-electron chi connectivity index (χ3n) is 5.48. The Hall–Kier alpha value is -2.86. The maximum Gasteiger partial charge on any atom is 0.234 e. The quantitative estimate of drug-likeness (QED) is 0.632. The van der Waals surface area contributed by atoms with Crippen molar-refractivity contribution >= 4 is 11.8 Å². The number of primary amides is 1. The van der Waals surface area contributed by atoms with E-state index in [1.165, 1.54) is 0 Å². The highest BCUT2D eigenvalue weighted by Crippen LogP contribution is 2.16. The van der Waals surface area contributed by atoms with E-state index in [1.54, 1.807) is 0 Å². The molecule has 0 aliphatic carbocycles. The molecule has 3 rings (SSSR count). The number of nitrogens with two attached hydrogens (primary N) is 1. The highest BCUT2D eigenvalue weighted by atomic mass is 16.5. The molecule has 2 aromatic rings. The SMILES string of the molecule is NC(=O)C1CCCCN1CCNC(=O)CCc1ccc(OCc2ccccc2)cc1. The van der Waals surface area contributed by atoms with Gasteiger partial charge in [-0.05, 0) is 49.1 Å². The number of benzene rings is 2. The van der Waals surface area contributed by atoms with Crippen molar-refractivity contribution in [2.24, 2.45) is 5.73 Å². The Balaban J connectivity index is 1.34. The van der Waals surface area contributed by atoms with Gasteiger partial charge in [0.2, 0.25) is 11.8 Å². The molecule has 1 saturated heterocycles. The van der Waals surface area contributed by atoms with Gasteiger partial charge in [-0.25, -0.2) is 0 Å². The lowest BCUT2D eigenvalue weighted by atomic mass is 10.0. The first-order valence-corrected chi connectivity index (χ1v) is 10.7. The van der Waals surface area contributed by atoms with Crippen molar-refractivity contribution in [3.05, 3.63) is 65.7 Å². The summed E-state index contributed by atoms with van der Waals surface area (Å²) < 4.78 is 5.79. The summed E-state index contributed by atoms with van der Waals surface area (Å²) in [5, 5.41) is 2.95. The van der Waals surface area contributed by atoms with Crippen molar-refractivity contribution in [2.45, 2.75) is 44.8 Å². The molecular weight excluding hydrogens is 378 g/mol. The predicted octanol–water partition coefficient (Wildman–Crippen LogP) is 2.65. The number of carbonyl (C=O) groups is 2. The molecule has 1 aliphatic rings. The molecule has 0 saturated carbocycles. The van der Waals surface area contributed by atoms with E-state index in [9.17, 15) is 9.59 Å². The topological polar surface area (TPSA) is 84.7 Å². The van der Waals surface area contributed by atoms with Crippen LogP contribution in [-0.2, 0) is 22.6 Å². The second-order valence-electron chi connectivity index (χ2n) is 7.72. The predicted molar refractivity (Wildman–Crippen MR) is 117 cm³/mol. The molecule has 3 N–H and O–H groups in total. The number of hydrogen-bond acceptors (Lipinski definition) is 4. The number of piperidine rings is 1. The monoisotopic (exact) mass is 409 g/mol. The molecule has 6 nitrogen and oxygen atoms in total. The van der Waals surface area contributed by atoms with Crippen LogP contribution in [0.4, 0.5) is 0 Å². The van der Waals surface area contributed by atoms with Crippen molar-refractivity contribution in [1.29, 1.82) is 0 Å². The van der Waals surface area contributed by atoms with Gasteiger partial charge in [-0.1, -0.05) is 48.9 Å². The van der Waals surface area contributed by atoms with Crippen LogP contribution in [0.3, 0.4) is 0 Å². The highest BCUT2D eigenvalue weighted by Gasteiger charge is 2.26. The van der Waals surface area contributed by atoms with Gasteiger partial charge in [0, 0.05) is 19.5 Å². The molecule has 2 amide bonds. The molecule has 1 fully saturated rings. The summed E-state index contributed by atoms with van der Waals surface area (Å²) in [5.74, 6) is 0.571. The number of rotatable bonds is 10. The average molecular weight is 410 g/mol. The minimum Gasteiger partial charge on any atom is -0.489 e. The molecule has 0 spiro atoms. The van der Waals surface area contributed by atoms with Crippen LogP contribution in [0.5, 0.6) is 5.75 Å². The summed E-state index contributed by atoms with van der Waals surface area (Å²) in [6.07, 6.45) is 4.03. The zero-order valence-corrected chi connectivity index (χ0v) is 17.4. The molecule has 30 heavy (non-hydrogen) atoms. The Bertz CT molecular complexity index is 808. The van der Waals surface area contributed by atoms with Crippen molar-refractivity contribution in [1.82, 2.24) is 10.2 Å². The minimum absolute atomic E-state index is 0.0204. The number of amides is 2. The molecule has 0 bridgehead atoms. The maximum atomic E-state index is 12.2. The molecule has 1 aliphatic heterocycles. The number of ether oxygens (including phenoxy) is 1. The van der Waals surface area contributed by atoms with Crippen LogP contribution in [-0.4, -0.2) is 42.4 Å². The molecule has 160 valence electrons. The van der Waals surface area contributed by atoms with Crippen molar-refractivity contribution in [3.63, 3.8) is 0 Å². The van der Waals surface area contributed by atoms with Gasteiger partial charge in [0.05, 0.1) is 6.04 Å². The molecule has 1 heterocycles. The van der Waals surface area contributed by atoms with E-state index in [0.29, 0.717) is 32.5 Å². The third kappa shape index (κ3) is 6.88. The zero-order chi connectivity index (χ0) is 21.2. The highest BCUT2D eigenvalue weighted by molar-refractivity contribution is 5.80. The Morgan fingerprint density at radius 1 is 1.03 bits per heavy atom. The van der Waals surface area contributed by atoms with Crippen LogP contribution < -0.4 is 15.8 Å². The normalized spacial score (nSPS) is 16.7. The second-order valence-corrected chi connectivity index (χ2v) is 7.72. The van der Waals surface area contributed by atoms with Crippen molar-refractivity contribution < 1.29 is 14.3 Å². The van der Waals surface area contributed by atoms with E-state index in [1.807, 2.05) is 54.6 Å². The summed E-state index contributed by atoms with van der Waals surface area (Å²) in [6, 6.07) is 17.7. The molecule has 0 aromatic heterocycles. The molecule has 1 atom stereocenters. The fourth-order valence-electron chi connectivity index (χ4n) is 3.76. The van der Waals surface area contributed by atoms with Crippen LogP contribution in [0.1, 0.15) is 36.8 Å². The summed E-state index contributed by atoms with van der Waals surface area (Å²) in [4.78, 5) is 25.8. The van der Waals surface area contributed by atoms with Crippen LogP contribution in [0, 0.1) is 0 Å².